The molecule has 0 fully saturated rings. The number of aromatic hydroxyl groups is 1. The number of nitrogens with two attached hydrogens (primary N) is 3. The summed E-state index contributed by atoms with van der Waals surface area (Å²) < 4.78 is 6.01. The van der Waals surface area contributed by atoms with Crippen molar-refractivity contribution in [3.8, 4) is 40.1 Å². The fourth-order valence-electron chi connectivity index (χ4n) is 8.52. The van der Waals surface area contributed by atoms with Crippen LogP contribution in [0.2, 0.25) is 0 Å². The lowest BCUT2D eigenvalue weighted by Gasteiger charge is -2.32. The van der Waals surface area contributed by atoms with Crippen molar-refractivity contribution in [3.05, 3.63) is 93.8 Å². The van der Waals surface area contributed by atoms with Crippen molar-refractivity contribution in [2.24, 2.45) is 29.0 Å². The number of amides is 3. The molecule has 3 amide bonds. The summed E-state index contributed by atoms with van der Waals surface area (Å²) in [5.41, 5.74) is 21.7. The molecule has 16 nitrogen and oxygen atoms in total. The second-order valence-corrected chi connectivity index (χ2v) is 18.3. The quantitative estimate of drug-likeness (QED) is 0.0923. The molecule has 67 heavy (non-hydrogen) atoms. The van der Waals surface area contributed by atoms with E-state index in [1.165, 1.54) is 31.0 Å². The molecule has 1 aliphatic heterocycles. The third-order valence-corrected chi connectivity index (χ3v) is 12.1. The Hall–Kier alpha value is -6.83. The highest BCUT2D eigenvalue weighted by Crippen LogP contribution is 2.42. The van der Waals surface area contributed by atoms with Gasteiger partial charge in [0.25, 0.3) is 0 Å². The highest BCUT2D eigenvalue weighted by Gasteiger charge is 2.37. The number of phenolic OH excluding ortho intramolecular Hbond substituents is 1. The number of phenols is 1. The minimum atomic E-state index is -1.44. The van der Waals surface area contributed by atoms with Crippen molar-refractivity contribution in [2.45, 2.75) is 104 Å². The van der Waals surface area contributed by atoms with Crippen LogP contribution in [-0.4, -0.2) is 87.8 Å². The smallest absolute Gasteiger partial charge is 0.226 e. The number of carbonyl (C=O) groups is 6. The zero-order chi connectivity index (χ0) is 49.3. The van der Waals surface area contributed by atoms with Crippen LogP contribution >= 0.6 is 0 Å². The molecule has 2 heterocycles. The van der Waals surface area contributed by atoms with E-state index in [0.717, 1.165) is 11.1 Å². The van der Waals surface area contributed by atoms with Crippen LogP contribution in [0.5, 0.6) is 11.5 Å². The van der Waals surface area contributed by atoms with Gasteiger partial charge in [-0.25, -0.2) is 9.97 Å². The predicted octanol–water partition coefficient (Wildman–Crippen LogP) is 5.04. The van der Waals surface area contributed by atoms with Crippen molar-refractivity contribution >= 4 is 35.1 Å². The highest BCUT2D eigenvalue weighted by atomic mass is 16.5. The summed E-state index contributed by atoms with van der Waals surface area (Å²) in [6.07, 6.45) is -1.31. The number of benzene rings is 3. The summed E-state index contributed by atoms with van der Waals surface area (Å²) in [5, 5.41) is 23.9. The first-order chi connectivity index (χ1) is 31.7. The lowest BCUT2D eigenvalue weighted by atomic mass is 9.86. The maximum atomic E-state index is 14.9. The first kappa shape index (κ1) is 51.2. The van der Waals surface area contributed by atoms with Crippen LogP contribution in [0, 0.1) is 37.0 Å². The molecule has 4 atom stereocenters. The van der Waals surface area contributed by atoms with E-state index in [2.05, 4.69) is 36.1 Å². The molecule has 16 heteroatoms. The van der Waals surface area contributed by atoms with Gasteiger partial charge in [0.05, 0.1) is 35.5 Å². The van der Waals surface area contributed by atoms with Crippen molar-refractivity contribution in [3.63, 3.8) is 0 Å². The first-order valence-electron chi connectivity index (χ1n) is 22.5. The molecule has 0 saturated carbocycles. The van der Waals surface area contributed by atoms with Gasteiger partial charge in [-0.15, -0.1) is 0 Å². The van der Waals surface area contributed by atoms with Gasteiger partial charge in [0.15, 0.2) is 23.2 Å². The van der Waals surface area contributed by atoms with Gasteiger partial charge < -0.3 is 37.3 Å². The summed E-state index contributed by atoms with van der Waals surface area (Å²) in [6, 6.07) is 15.3. The van der Waals surface area contributed by atoms with E-state index < -0.39 is 71.8 Å². The average Bonchev–Trinajstić information content (AvgIpc) is 3.27. The lowest BCUT2D eigenvalue weighted by Crippen LogP contribution is -2.46. The van der Waals surface area contributed by atoms with Gasteiger partial charge in [0, 0.05) is 73.4 Å². The minimum absolute atomic E-state index is 0.00266. The van der Waals surface area contributed by atoms with E-state index in [1.54, 1.807) is 32.0 Å². The molecule has 0 unspecified atom stereocenters. The Bertz CT molecular complexity index is 2560. The monoisotopic (exact) mass is 914 g/mol. The molecule has 354 valence electrons. The summed E-state index contributed by atoms with van der Waals surface area (Å²) >= 11 is 0. The number of carbonyl (C=O) groups excluding carboxylic acids is 6. The Balaban J connectivity index is 1.61. The fraction of sp³-hybridized carbons (Fsp3) is 0.431. The number of ether oxygens (including phenoxy) is 1. The molecule has 8 N–H and O–H groups in total. The van der Waals surface area contributed by atoms with E-state index in [4.69, 9.17) is 21.9 Å². The predicted molar refractivity (Wildman–Crippen MR) is 253 cm³/mol. The fourth-order valence-corrected chi connectivity index (χ4v) is 8.52. The number of rotatable bonds is 16. The largest absolute Gasteiger partial charge is 0.507 e. The SMILES string of the molecule is Cc1nc(-c2ccc(C(C)(C)C)cc2)nc(C)c1C(=O)C[C@@H](CCN)C(=O)N(C)[C@@H]1C(=O)C[C@@H](C)C(=O)N[C@H](C(=O)CCC#N)Cc2ccc(OCCN)c(c2)-c2cc1cc(CC(N)=O)c2O. The van der Waals surface area contributed by atoms with Crippen molar-refractivity contribution < 1.29 is 38.6 Å². The van der Waals surface area contributed by atoms with Crippen molar-refractivity contribution in [1.82, 2.24) is 20.2 Å². The van der Waals surface area contributed by atoms with E-state index in [1.807, 2.05) is 30.3 Å². The number of nitriles is 1. The topological polar surface area (TPSA) is 275 Å². The minimum Gasteiger partial charge on any atom is -0.507 e. The van der Waals surface area contributed by atoms with Crippen molar-refractivity contribution in [2.75, 3.05) is 26.7 Å². The first-order valence-corrected chi connectivity index (χ1v) is 22.5. The number of nitrogens with zero attached hydrogens (tertiary/aromatic N) is 4. The number of Topliss-reactive ketones (excluding diaryl/α,β-unsaturated/α-hetero) is 3. The molecule has 0 saturated heterocycles. The molecule has 1 aromatic heterocycles. The third-order valence-electron chi connectivity index (χ3n) is 12.1. The molecule has 5 rings (SSSR count). The maximum Gasteiger partial charge on any atom is 0.226 e. The molecule has 0 radical (unpaired) electrons. The van der Waals surface area contributed by atoms with E-state index in [-0.39, 0.29) is 91.0 Å². The molecular formula is C51H62N8O8. The number of hydrogen-bond acceptors (Lipinski definition) is 13. The number of likely N-dealkylation sites (N-methyl/N-ethyl adjacent to an activating group) is 1. The van der Waals surface area contributed by atoms with Crippen LogP contribution in [-0.2, 0) is 42.2 Å². The maximum absolute atomic E-state index is 14.9. The third kappa shape index (κ3) is 12.3. The summed E-state index contributed by atoms with van der Waals surface area (Å²) in [6.45, 7) is 11.5. The van der Waals surface area contributed by atoms with Gasteiger partial charge in [-0.2, -0.15) is 5.26 Å². The Kier molecular flexibility index (Phi) is 16.9. The zero-order valence-corrected chi connectivity index (χ0v) is 39.4. The molecule has 0 aliphatic carbocycles. The zero-order valence-electron chi connectivity index (χ0n) is 39.4. The summed E-state index contributed by atoms with van der Waals surface area (Å²) in [7, 11) is 1.41. The van der Waals surface area contributed by atoms with E-state index in [9.17, 15) is 39.1 Å². The average molecular weight is 915 g/mol. The van der Waals surface area contributed by atoms with Gasteiger partial charge in [-0.05, 0) is 79.6 Å². The summed E-state index contributed by atoms with van der Waals surface area (Å²) in [4.78, 5) is 94.3. The normalized spacial score (nSPS) is 16.8. The molecule has 0 spiro atoms. The number of fused-ring (bicyclic) bond motifs is 5. The van der Waals surface area contributed by atoms with Gasteiger partial charge >= 0.3 is 0 Å². The Labute approximate surface area is 391 Å². The molecule has 3 aromatic carbocycles. The number of nitrogens with one attached hydrogen (secondary N) is 1. The Morgan fingerprint density at radius 1 is 0.970 bits per heavy atom. The standard InChI is InChI=1S/C51H62N8O8/c1-28-21-42(62)46(59(7)50(66)33(16-18-53)26-41(61)45-29(2)56-48(57-30(45)3)32-11-13-36(14-12-32)51(4,5)6)34-24-35(27-44(55)63)47(64)38(25-34)37-22-31(10-15-43(37)67-20-19-54)23-39(58-49(28)65)40(60)9-8-17-52/h10-15,22,24-25,28,33,39,46,64H,8-9,16,18-21,23,26-27,53-54H2,1-7H3,(H2,55,63)(H,58,65)/t28-,33-,39+,46+/m1/s1. The van der Waals surface area contributed by atoms with Crippen LogP contribution in [0.15, 0.2) is 54.6 Å². The molecule has 4 aromatic rings. The number of hydrogen-bond donors (Lipinski definition) is 5. The molecular weight excluding hydrogens is 853 g/mol. The van der Waals surface area contributed by atoms with Crippen LogP contribution in [0.25, 0.3) is 22.5 Å². The number of ketones is 3. The van der Waals surface area contributed by atoms with Crippen LogP contribution < -0.4 is 27.3 Å². The summed E-state index contributed by atoms with van der Waals surface area (Å²) in [5.74, 6) is -5.07. The van der Waals surface area contributed by atoms with Gasteiger partial charge in [-0.1, -0.05) is 58.0 Å². The van der Waals surface area contributed by atoms with Crippen LogP contribution in [0.4, 0.5) is 0 Å². The van der Waals surface area contributed by atoms with E-state index >= 15 is 0 Å². The van der Waals surface area contributed by atoms with Gasteiger partial charge in [0.1, 0.15) is 24.1 Å². The second kappa shape index (κ2) is 22.1. The highest BCUT2D eigenvalue weighted by molar-refractivity contribution is 6.01. The molecule has 1 aliphatic rings. The van der Waals surface area contributed by atoms with Gasteiger partial charge in [-0.3, -0.25) is 28.8 Å². The Morgan fingerprint density at radius 3 is 2.24 bits per heavy atom. The number of primary amides is 1. The number of aryl methyl sites for hydroxylation is 2. The lowest BCUT2D eigenvalue weighted by molar-refractivity contribution is -0.142. The second-order valence-electron chi connectivity index (χ2n) is 18.3. The molecule has 4 bridgehead atoms. The number of aromatic nitrogens is 2. The van der Waals surface area contributed by atoms with Crippen LogP contribution in [0.3, 0.4) is 0 Å². The Morgan fingerprint density at radius 2 is 1.64 bits per heavy atom. The van der Waals surface area contributed by atoms with Crippen molar-refractivity contribution in [1.29, 1.82) is 5.26 Å². The van der Waals surface area contributed by atoms with Crippen LogP contribution in [0.1, 0.15) is 110 Å². The van der Waals surface area contributed by atoms with Gasteiger partial charge in [0.2, 0.25) is 17.7 Å². The van der Waals surface area contributed by atoms with E-state index in [0.29, 0.717) is 28.3 Å².